The maximum Gasteiger partial charge on any atom is 0.408 e. The number of amides is 3. The Morgan fingerprint density at radius 1 is 0.812 bits per heavy atom. The molecule has 0 aliphatic carbocycles. The van der Waals surface area contributed by atoms with Gasteiger partial charge in [-0.2, -0.15) is 0 Å². The molecule has 4 N–H and O–H groups in total. The van der Waals surface area contributed by atoms with Crippen LogP contribution in [0.4, 0.5) is 10.5 Å². The SMILES string of the molecule is CCCCCCCN(C(=O)C(Cc1ccc(O)cc1)NC(=O)OC(C)(C)C)C(C(=O)Nc1ccc2ccccc2c1)c1ccccc1O. The number of fused-ring (bicyclic) bond motifs is 1. The number of hydrogen-bond donors (Lipinski definition) is 4. The van der Waals surface area contributed by atoms with Crippen LogP contribution >= 0.6 is 0 Å². The van der Waals surface area contributed by atoms with Gasteiger partial charge in [-0.15, -0.1) is 0 Å². The van der Waals surface area contributed by atoms with Crippen LogP contribution in [0.25, 0.3) is 10.8 Å². The van der Waals surface area contributed by atoms with E-state index in [4.69, 9.17) is 4.74 Å². The molecule has 4 aromatic carbocycles. The van der Waals surface area contributed by atoms with Crippen molar-refractivity contribution >= 4 is 34.4 Å². The zero-order valence-corrected chi connectivity index (χ0v) is 28.2. The molecule has 0 saturated heterocycles. The summed E-state index contributed by atoms with van der Waals surface area (Å²) in [6.45, 7) is 7.53. The number of phenolic OH excluding ortho intramolecular Hbond substituents is 2. The monoisotopic (exact) mass is 653 g/mol. The molecule has 2 unspecified atom stereocenters. The Labute approximate surface area is 282 Å². The van der Waals surface area contributed by atoms with Crippen LogP contribution in [0.3, 0.4) is 0 Å². The first-order valence-corrected chi connectivity index (χ1v) is 16.6. The van der Waals surface area contributed by atoms with E-state index in [1.807, 2.05) is 36.4 Å². The second-order valence-electron chi connectivity index (χ2n) is 13.0. The van der Waals surface area contributed by atoms with Gasteiger partial charge in [-0.1, -0.05) is 93.3 Å². The fourth-order valence-corrected chi connectivity index (χ4v) is 5.62. The van der Waals surface area contributed by atoms with Gasteiger partial charge in [-0.25, -0.2) is 4.79 Å². The molecule has 9 heteroatoms. The molecule has 48 heavy (non-hydrogen) atoms. The van der Waals surface area contributed by atoms with E-state index in [9.17, 15) is 24.6 Å². The van der Waals surface area contributed by atoms with E-state index >= 15 is 0 Å². The maximum absolute atomic E-state index is 14.7. The first-order valence-electron chi connectivity index (χ1n) is 16.6. The summed E-state index contributed by atoms with van der Waals surface area (Å²) in [6.07, 6.45) is 3.80. The smallest absolute Gasteiger partial charge is 0.408 e. The number of carbonyl (C=O) groups is 3. The molecule has 4 aromatic rings. The van der Waals surface area contributed by atoms with E-state index in [0.29, 0.717) is 17.7 Å². The number of nitrogens with one attached hydrogen (secondary N) is 2. The molecule has 2 atom stereocenters. The van der Waals surface area contributed by atoms with Crippen LogP contribution in [0, 0.1) is 0 Å². The van der Waals surface area contributed by atoms with Gasteiger partial charge in [0.15, 0.2) is 0 Å². The number of ether oxygens (including phenoxy) is 1. The van der Waals surface area contributed by atoms with Gasteiger partial charge < -0.3 is 30.5 Å². The van der Waals surface area contributed by atoms with Crippen molar-refractivity contribution < 1.29 is 29.3 Å². The molecule has 0 radical (unpaired) electrons. The number of unbranched alkanes of at least 4 members (excludes halogenated alkanes) is 4. The number of rotatable bonds is 14. The van der Waals surface area contributed by atoms with E-state index in [1.165, 1.54) is 23.1 Å². The Hall–Kier alpha value is -5.05. The van der Waals surface area contributed by atoms with Crippen LogP contribution in [0.15, 0.2) is 91.0 Å². The summed E-state index contributed by atoms with van der Waals surface area (Å²) in [5, 5.41) is 28.6. The number of nitrogens with zero attached hydrogens (tertiary/aromatic N) is 1. The third-order valence-corrected chi connectivity index (χ3v) is 7.96. The molecular formula is C39H47N3O6. The van der Waals surface area contributed by atoms with Crippen molar-refractivity contribution in [3.8, 4) is 11.5 Å². The molecule has 0 fully saturated rings. The molecule has 0 bridgehead atoms. The first kappa shape index (κ1) is 35.8. The topological polar surface area (TPSA) is 128 Å². The molecule has 0 spiro atoms. The van der Waals surface area contributed by atoms with Gasteiger partial charge in [0, 0.05) is 24.2 Å². The summed E-state index contributed by atoms with van der Waals surface area (Å²) in [7, 11) is 0. The highest BCUT2D eigenvalue weighted by atomic mass is 16.6. The molecule has 254 valence electrons. The van der Waals surface area contributed by atoms with Crippen LogP contribution in [0.5, 0.6) is 11.5 Å². The number of benzene rings is 4. The number of para-hydroxylation sites is 1. The lowest BCUT2D eigenvalue weighted by atomic mass is 9.98. The van der Waals surface area contributed by atoms with Crippen LogP contribution < -0.4 is 10.6 Å². The first-order chi connectivity index (χ1) is 22.9. The number of phenols is 2. The summed E-state index contributed by atoms with van der Waals surface area (Å²) in [5.74, 6) is -1.07. The Kier molecular flexibility index (Phi) is 12.4. The number of alkyl carbamates (subject to hydrolysis) is 1. The van der Waals surface area contributed by atoms with Gasteiger partial charge in [0.1, 0.15) is 29.2 Å². The molecule has 9 nitrogen and oxygen atoms in total. The van der Waals surface area contributed by atoms with Crippen LogP contribution in [0.1, 0.15) is 77.0 Å². The van der Waals surface area contributed by atoms with Gasteiger partial charge in [-0.3, -0.25) is 9.59 Å². The Morgan fingerprint density at radius 3 is 2.17 bits per heavy atom. The molecule has 4 rings (SSSR count). The van der Waals surface area contributed by atoms with Crippen LogP contribution in [-0.4, -0.2) is 51.2 Å². The molecule has 3 amide bonds. The zero-order chi connectivity index (χ0) is 34.7. The van der Waals surface area contributed by atoms with Crippen molar-refractivity contribution in [1.29, 1.82) is 0 Å². The van der Waals surface area contributed by atoms with Gasteiger partial charge >= 0.3 is 6.09 Å². The van der Waals surface area contributed by atoms with Crippen molar-refractivity contribution in [2.45, 2.75) is 83.9 Å². The number of hydrogen-bond acceptors (Lipinski definition) is 6. The van der Waals surface area contributed by atoms with E-state index in [-0.39, 0.29) is 30.0 Å². The lowest BCUT2D eigenvalue weighted by molar-refractivity contribution is -0.141. The van der Waals surface area contributed by atoms with Crippen molar-refractivity contribution in [2.24, 2.45) is 0 Å². The van der Waals surface area contributed by atoms with Crippen molar-refractivity contribution in [1.82, 2.24) is 10.2 Å². The minimum absolute atomic E-state index is 0.0698. The predicted molar refractivity (Wildman–Crippen MR) is 189 cm³/mol. The predicted octanol–water partition coefficient (Wildman–Crippen LogP) is 7.87. The average molecular weight is 654 g/mol. The Morgan fingerprint density at radius 2 is 1.48 bits per heavy atom. The molecule has 0 aliphatic rings. The zero-order valence-electron chi connectivity index (χ0n) is 28.2. The number of aromatic hydroxyl groups is 2. The largest absolute Gasteiger partial charge is 0.508 e. The van der Waals surface area contributed by atoms with E-state index in [2.05, 4.69) is 17.6 Å². The highest BCUT2D eigenvalue weighted by molar-refractivity contribution is 6.00. The Balaban J connectivity index is 1.75. The normalized spacial score (nSPS) is 12.6. The second kappa shape index (κ2) is 16.7. The summed E-state index contributed by atoms with van der Waals surface area (Å²) in [5.41, 5.74) is 0.679. The quantitative estimate of drug-likeness (QED) is 0.103. The van der Waals surface area contributed by atoms with E-state index in [0.717, 1.165) is 36.5 Å². The molecular weight excluding hydrogens is 606 g/mol. The minimum Gasteiger partial charge on any atom is -0.508 e. The second-order valence-corrected chi connectivity index (χ2v) is 13.0. The van der Waals surface area contributed by atoms with Crippen molar-refractivity contribution in [2.75, 3.05) is 11.9 Å². The maximum atomic E-state index is 14.7. The highest BCUT2D eigenvalue weighted by Gasteiger charge is 2.37. The average Bonchev–Trinajstić information content (AvgIpc) is 3.04. The van der Waals surface area contributed by atoms with E-state index in [1.54, 1.807) is 57.2 Å². The molecule has 0 heterocycles. The van der Waals surface area contributed by atoms with Gasteiger partial charge in [-0.05, 0) is 73.9 Å². The van der Waals surface area contributed by atoms with Crippen LogP contribution in [0.2, 0.25) is 0 Å². The fourth-order valence-electron chi connectivity index (χ4n) is 5.62. The highest BCUT2D eigenvalue weighted by Crippen LogP contribution is 2.32. The summed E-state index contributed by atoms with van der Waals surface area (Å²) >= 11 is 0. The Bertz CT molecular complexity index is 1680. The number of anilines is 1. The van der Waals surface area contributed by atoms with Gasteiger partial charge in [0.05, 0.1) is 0 Å². The third kappa shape index (κ3) is 10.2. The minimum atomic E-state index is -1.22. The fraction of sp³-hybridized carbons (Fsp3) is 0.359. The summed E-state index contributed by atoms with van der Waals surface area (Å²) < 4.78 is 5.53. The summed E-state index contributed by atoms with van der Waals surface area (Å²) in [6, 6.07) is 23.9. The lowest BCUT2D eigenvalue weighted by Gasteiger charge is -2.35. The lowest BCUT2D eigenvalue weighted by Crippen LogP contribution is -2.53. The van der Waals surface area contributed by atoms with E-state index < -0.39 is 35.6 Å². The van der Waals surface area contributed by atoms with Crippen molar-refractivity contribution in [3.05, 3.63) is 102 Å². The number of carbonyl (C=O) groups excluding carboxylic acids is 3. The van der Waals surface area contributed by atoms with Crippen LogP contribution in [-0.2, 0) is 20.7 Å². The molecule has 0 saturated carbocycles. The van der Waals surface area contributed by atoms with Crippen molar-refractivity contribution in [3.63, 3.8) is 0 Å². The van der Waals surface area contributed by atoms with Gasteiger partial charge in [0.2, 0.25) is 5.91 Å². The summed E-state index contributed by atoms with van der Waals surface area (Å²) in [4.78, 5) is 43.6. The molecule has 0 aromatic heterocycles. The third-order valence-electron chi connectivity index (χ3n) is 7.96. The van der Waals surface area contributed by atoms with Gasteiger partial charge in [0.25, 0.3) is 5.91 Å². The standard InChI is InChI=1S/C39H47N3O6/c1-5-6-7-8-13-24-42(37(46)33(41-38(47)48-39(2,3)4)25-27-18-22-31(43)23-19-27)35(32-16-11-12-17-34(32)44)36(45)40-30-21-20-28-14-9-10-15-29(28)26-30/h9-12,14-23,26,33,35,43-44H,5-8,13,24-25H2,1-4H3,(H,40,45)(H,41,47). The molecule has 0 aliphatic heterocycles.